The van der Waals surface area contributed by atoms with Crippen LogP contribution < -0.4 is 5.73 Å². The summed E-state index contributed by atoms with van der Waals surface area (Å²) in [6.07, 6.45) is 2.10. The zero-order valence-electron chi connectivity index (χ0n) is 9.06. The number of rotatable bonds is 2. The highest BCUT2D eigenvalue weighted by atomic mass is 35.5. The molecule has 0 unspecified atom stereocenters. The minimum Gasteiger partial charge on any atom is -0.381 e. The van der Waals surface area contributed by atoms with E-state index in [9.17, 15) is 0 Å². The van der Waals surface area contributed by atoms with Crippen LogP contribution in [0.2, 0.25) is 5.02 Å². The topological polar surface area (TPSA) is 35.2 Å². The van der Waals surface area contributed by atoms with Crippen LogP contribution in [0, 0.1) is 5.92 Å². The molecule has 0 radical (unpaired) electrons. The lowest BCUT2D eigenvalue weighted by Crippen LogP contribution is -2.27. The predicted octanol–water partition coefficient (Wildman–Crippen LogP) is 3.19. The first-order chi connectivity index (χ1) is 7.27. The van der Waals surface area contributed by atoms with E-state index in [-0.39, 0.29) is 18.4 Å². The molecule has 0 saturated carbocycles. The van der Waals surface area contributed by atoms with Crippen molar-refractivity contribution in [1.82, 2.24) is 0 Å². The van der Waals surface area contributed by atoms with Crippen LogP contribution in [0.3, 0.4) is 0 Å². The van der Waals surface area contributed by atoms with Crippen LogP contribution in [0.25, 0.3) is 0 Å². The van der Waals surface area contributed by atoms with Gasteiger partial charge in [0.05, 0.1) is 0 Å². The standard InChI is InChI=1S/C12H16ClNO.ClH/c13-11-3-1-2-10(8-11)12(14)9-4-6-15-7-5-9;/h1-3,8-9,12H,4-7,14H2;1H/t12-;/m0./s1. The van der Waals surface area contributed by atoms with E-state index < -0.39 is 0 Å². The smallest absolute Gasteiger partial charge is 0.0469 e. The molecule has 2 rings (SSSR count). The SMILES string of the molecule is Cl.N[C@H](c1cccc(Cl)c1)C1CCOCC1. The molecule has 1 aliphatic rings. The van der Waals surface area contributed by atoms with Crippen LogP contribution in [-0.2, 0) is 4.74 Å². The van der Waals surface area contributed by atoms with Crippen molar-refractivity contribution in [1.29, 1.82) is 0 Å². The van der Waals surface area contributed by atoms with Gasteiger partial charge in [-0.05, 0) is 36.5 Å². The van der Waals surface area contributed by atoms with Crippen molar-refractivity contribution in [2.45, 2.75) is 18.9 Å². The van der Waals surface area contributed by atoms with Crippen LogP contribution in [0.4, 0.5) is 0 Å². The first-order valence-electron chi connectivity index (χ1n) is 5.36. The lowest BCUT2D eigenvalue weighted by molar-refractivity contribution is 0.0584. The maximum Gasteiger partial charge on any atom is 0.0469 e. The van der Waals surface area contributed by atoms with Crippen LogP contribution in [0.5, 0.6) is 0 Å². The summed E-state index contributed by atoms with van der Waals surface area (Å²) in [4.78, 5) is 0. The van der Waals surface area contributed by atoms with Gasteiger partial charge in [-0.3, -0.25) is 0 Å². The van der Waals surface area contributed by atoms with E-state index in [0.717, 1.165) is 36.6 Å². The first-order valence-corrected chi connectivity index (χ1v) is 5.74. The minimum atomic E-state index is 0. The molecule has 1 fully saturated rings. The molecule has 1 aliphatic heterocycles. The highest BCUT2D eigenvalue weighted by molar-refractivity contribution is 6.30. The van der Waals surface area contributed by atoms with Crippen molar-refractivity contribution < 1.29 is 4.74 Å². The Bertz CT molecular complexity index is 327. The normalized spacial score (nSPS) is 18.9. The second-order valence-electron chi connectivity index (χ2n) is 4.03. The van der Waals surface area contributed by atoms with Gasteiger partial charge >= 0.3 is 0 Å². The van der Waals surface area contributed by atoms with Gasteiger partial charge in [-0.1, -0.05) is 23.7 Å². The number of hydrogen-bond donors (Lipinski definition) is 1. The van der Waals surface area contributed by atoms with Gasteiger partial charge in [0.1, 0.15) is 0 Å². The quantitative estimate of drug-likeness (QED) is 0.888. The monoisotopic (exact) mass is 261 g/mol. The molecule has 1 heterocycles. The number of ether oxygens (including phenoxy) is 1. The van der Waals surface area contributed by atoms with Crippen LogP contribution in [0.1, 0.15) is 24.4 Å². The molecule has 16 heavy (non-hydrogen) atoms. The Morgan fingerprint density at radius 1 is 1.31 bits per heavy atom. The maximum atomic E-state index is 6.22. The second-order valence-corrected chi connectivity index (χ2v) is 4.47. The largest absolute Gasteiger partial charge is 0.381 e. The molecule has 2 N–H and O–H groups in total. The van der Waals surface area contributed by atoms with Crippen LogP contribution in [-0.4, -0.2) is 13.2 Å². The van der Waals surface area contributed by atoms with Gasteiger partial charge in [-0.15, -0.1) is 12.4 Å². The summed E-state index contributed by atoms with van der Waals surface area (Å²) < 4.78 is 5.33. The van der Waals surface area contributed by atoms with Crippen molar-refractivity contribution in [3.63, 3.8) is 0 Å². The average Bonchev–Trinajstić information content (AvgIpc) is 2.29. The Balaban J connectivity index is 0.00000128. The van der Waals surface area contributed by atoms with Gasteiger partial charge < -0.3 is 10.5 Å². The molecule has 2 nitrogen and oxygen atoms in total. The van der Waals surface area contributed by atoms with Gasteiger partial charge in [0.2, 0.25) is 0 Å². The van der Waals surface area contributed by atoms with Gasteiger partial charge in [-0.25, -0.2) is 0 Å². The molecule has 1 aromatic rings. The Labute approximate surface area is 108 Å². The van der Waals surface area contributed by atoms with Crippen molar-refractivity contribution in [2.75, 3.05) is 13.2 Å². The Kier molecular flexibility index (Phi) is 5.56. The van der Waals surface area contributed by atoms with Crippen molar-refractivity contribution in [3.05, 3.63) is 34.9 Å². The molecule has 90 valence electrons. The fraction of sp³-hybridized carbons (Fsp3) is 0.500. The third-order valence-corrected chi connectivity index (χ3v) is 3.24. The molecule has 0 aromatic heterocycles. The lowest BCUT2D eigenvalue weighted by Gasteiger charge is -2.27. The summed E-state index contributed by atoms with van der Waals surface area (Å²) in [6, 6.07) is 7.93. The van der Waals surface area contributed by atoms with Gasteiger partial charge in [-0.2, -0.15) is 0 Å². The van der Waals surface area contributed by atoms with Crippen molar-refractivity contribution in [2.24, 2.45) is 11.7 Å². The van der Waals surface area contributed by atoms with E-state index in [4.69, 9.17) is 22.1 Å². The third kappa shape index (κ3) is 3.36. The summed E-state index contributed by atoms with van der Waals surface area (Å²) in [5.41, 5.74) is 7.36. The fourth-order valence-corrected chi connectivity index (χ4v) is 2.26. The van der Waals surface area contributed by atoms with Crippen molar-refractivity contribution in [3.8, 4) is 0 Å². The predicted molar refractivity (Wildman–Crippen MR) is 69.2 cm³/mol. The van der Waals surface area contributed by atoms with Crippen LogP contribution in [0.15, 0.2) is 24.3 Å². The van der Waals surface area contributed by atoms with E-state index in [2.05, 4.69) is 0 Å². The molecule has 0 bridgehead atoms. The van der Waals surface area contributed by atoms with Gasteiger partial charge in [0, 0.05) is 24.3 Å². The molecule has 0 aliphatic carbocycles. The molecule has 1 atom stereocenters. The zero-order valence-corrected chi connectivity index (χ0v) is 10.6. The number of benzene rings is 1. The second kappa shape index (κ2) is 6.45. The summed E-state index contributed by atoms with van der Waals surface area (Å²) in [6.45, 7) is 1.66. The Morgan fingerprint density at radius 2 is 2.00 bits per heavy atom. The molecule has 0 spiro atoms. The summed E-state index contributed by atoms with van der Waals surface area (Å²) in [7, 11) is 0. The van der Waals surface area contributed by atoms with Crippen LogP contribution >= 0.6 is 24.0 Å². The fourth-order valence-electron chi connectivity index (χ4n) is 2.06. The number of halogens is 2. The summed E-state index contributed by atoms with van der Waals surface area (Å²) in [5, 5.41) is 0.759. The third-order valence-electron chi connectivity index (χ3n) is 3.01. The zero-order chi connectivity index (χ0) is 10.7. The molecular weight excluding hydrogens is 245 g/mol. The highest BCUT2D eigenvalue weighted by Gasteiger charge is 2.22. The van der Waals surface area contributed by atoms with Gasteiger partial charge in [0.25, 0.3) is 0 Å². The lowest BCUT2D eigenvalue weighted by atomic mass is 9.88. The van der Waals surface area contributed by atoms with E-state index in [1.54, 1.807) is 0 Å². The van der Waals surface area contributed by atoms with E-state index in [0.29, 0.717) is 5.92 Å². The van der Waals surface area contributed by atoms with Gasteiger partial charge in [0.15, 0.2) is 0 Å². The Hall–Kier alpha value is -0.280. The maximum absolute atomic E-state index is 6.22. The summed E-state index contributed by atoms with van der Waals surface area (Å²) in [5.74, 6) is 0.525. The molecule has 1 aromatic carbocycles. The van der Waals surface area contributed by atoms with E-state index in [1.807, 2.05) is 24.3 Å². The van der Waals surface area contributed by atoms with Crippen molar-refractivity contribution >= 4 is 24.0 Å². The number of hydrogen-bond acceptors (Lipinski definition) is 2. The van der Waals surface area contributed by atoms with E-state index >= 15 is 0 Å². The summed E-state index contributed by atoms with van der Waals surface area (Å²) >= 11 is 5.95. The first kappa shape index (κ1) is 13.8. The molecule has 1 saturated heterocycles. The minimum absolute atomic E-state index is 0. The molecule has 0 amide bonds. The molecule has 4 heteroatoms. The Morgan fingerprint density at radius 3 is 2.62 bits per heavy atom. The number of nitrogens with two attached hydrogens (primary N) is 1. The average molecular weight is 262 g/mol. The molecular formula is C12H17Cl2NO. The van der Waals surface area contributed by atoms with E-state index in [1.165, 1.54) is 0 Å². The highest BCUT2D eigenvalue weighted by Crippen LogP contribution is 2.28.